The normalized spacial score (nSPS) is 19.2. The van der Waals surface area contributed by atoms with Crippen LogP contribution in [0.3, 0.4) is 0 Å². The summed E-state index contributed by atoms with van der Waals surface area (Å²) in [4.78, 5) is 14.5. The van der Waals surface area contributed by atoms with Crippen molar-refractivity contribution in [1.29, 1.82) is 0 Å². The number of nitrogens with zero attached hydrogens (tertiary/aromatic N) is 3. The summed E-state index contributed by atoms with van der Waals surface area (Å²) >= 11 is 0. The summed E-state index contributed by atoms with van der Waals surface area (Å²) in [5.74, 6) is 1.00. The van der Waals surface area contributed by atoms with Gasteiger partial charge in [-0.05, 0) is 19.4 Å². The highest BCUT2D eigenvalue weighted by Crippen LogP contribution is 2.34. The van der Waals surface area contributed by atoms with Gasteiger partial charge in [0, 0.05) is 18.9 Å². The average molecular weight is 310 g/mol. The van der Waals surface area contributed by atoms with E-state index in [-0.39, 0.29) is 11.7 Å². The summed E-state index contributed by atoms with van der Waals surface area (Å²) in [5.41, 5.74) is 1.77. The summed E-state index contributed by atoms with van der Waals surface area (Å²) in [7, 11) is 4.81. The Bertz CT molecular complexity index is 484. The number of nitrogens with one attached hydrogen (secondary N) is 1. The molecule has 2 aliphatic rings. The Balaban J connectivity index is 0.000000774. The molecule has 5 nitrogen and oxygen atoms in total. The van der Waals surface area contributed by atoms with E-state index in [1.54, 1.807) is 6.20 Å². The van der Waals surface area contributed by atoms with E-state index in [1.807, 2.05) is 18.5 Å². The van der Waals surface area contributed by atoms with Crippen LogP contribution in [0, 0.1) is 5.92 Å². The van der Waals surface area contributed by atoms with E-state index in [0.717, 1.165) is 43.2 Å². The molecule has 6 heteroatoms. The van der Waals surface area contributed by atoms with E-state index in [9.17, 15) is 4.79 Å². The molecule has 2 unspecified atom stereocenters. The summed E-state index contributed by atoms with van der Waals surface area (Å²) in [5, 5.41) is 7.39. The first-order valence-corrected chi connectivity index (χ1v) is 8.60. The molecule has 2 atom stereocenters. The first-order chi connectivity index (χ1) is 10.1. The van der Waals surface area contributed by atoms with Gasteiger partial charge in [0.1, 0.15) is 0 Å². The van der Waals surface area contributed by atoms with Crippen molar-refractivity contribution < 1.29 is 4.79 Å². The first kappa shape index (κ1) is 16.4. The van der Waals surface area contributed by atoms with Crippen LogP contribution >= 0.6 is 9.24 Å². The molecule has 0 spiro atoms. The fourth-order valence-electron chi connectivity index (χ4n) is 2.58. The SMILES string of the molecule is CC.CN1CCn2ncc(C(=O)NC(P)CC3CC3)c2C1. The van der Waals surface area contributed by atoms with Crippen molar-refractivity contribution in [2.45, 2.75) is 52.0 Å². The molecule has 1 aromatic heterocycles. The molecule has 1 aliphatic carbocycles. The summed E-state index contributed by atoms with van der Waals surface area (Å²) in [6, 6.07) is 0. The van der Waals surface area contributed by atoms with Crippen LogP contribution in [0.25, 0.3) is 0 Å². The summed E-state index contributed by atoms with van der Waals surface area (Å²) in [6.07, 6.45) is 5.40. The number of carbonyl (C=O) groups is 1. The highest BCUT2D eigenvalue weighted by atomic mass is 31.0. The van der Waals surface area contributed by atoms with Gasteiger partial charge in [-0.15, -0.1) is 9.24 Å². The van der Waals surface area contributed by atoms with Gasteiger partial charge in [0.2, 0.25) is 0 Å². The van der Waals surface area contributed by atoms with Gasteiger partial charge in [-0.25, -0.2) is 0 Å². The second kappa shape index (κ2) is 7.37. The molecule has 118 valence electrons. The number of fused-ring (bicyclic) bond motifs is 1. The molecular weight excluding hydrogens is 283 g/mol. The fraction of sp³-hybridized carbons (Fsp3) is 0.733. The van der Waals surface area contributed by atoms with Crippen LogP contribution in [0.15, 0.2) is 6.20 Å². The lowest BCUT2D eigenvalue weighted by Gasteiger charge is -2.24. The van der Waals surface area contributed by atoms with Crippen LogP contribution in [-0.4, -0.2) is 40.0 Å². The van der Waals surface area contributed by atoms with Gasteiger partial charge in [0.25, 0.3) is 5.91 Å². The zero-order chi connectivity index (χ0) is 15.4. The van der Waals surface area contributed by atoms with Gasteiger partial charge in [0.05, 0.1) is 24.0 Å². The Hall–Kier alpha value is -0.930. The predicted octanol–water partition coefficient (Wildman–Crippen LogP) is 2.09. The number of hydrogen-bond acceptors (Lipinski definition) is 3. The van der Waals surface area contributed by atoms with Crippen LogP contribution in [-0.2, 0) is 13.1 Å². The second-order valence-electron chi connectivity index (χ2n) is 5.72. The first-order valence-electron chi connectivity index (χ1n) is 7.93. The maximum absolute atomic E-state index is 12.3. The van der Waals surface area contributed by atoms with E-state index in [0.29, 0.717) is 0 Å². The maximum Gasteiger partial charge on any atom is 0.255 e. The third-order valence-electron chi connectivity index (χ3n) is 3.91. The number of carbonyl (C=O) groups excluding carboxylic acids is 1. The van der Waals surface area contributed by atoms with Crippen molar-refractivity contribution >= 4 is 15.1 Å². The Kier molecular flexibility index (Phi) is 5.77. The lowest BCUT2D eigenvalue weighted by Crippen LogP contribution is -2.34. The topological polar surface area (TPSA) is 50.2 Å². The minimum Gasteiger partial charge on any atom is -0.346 e. The molecule has 0 bridgehead atoms. The van der Waals surface area contributed by atoms with Gasteiger partial charge < -0.3 is 5.32 Å². The predicted molar refractivity (Wildman–Crippen MR) is 88.2 cm³/mol. The van der Waals surface area contributed by atoms with Crippen LogP contribution in [0.4, 0.5) is 0 Å². The number of hydrogen-bond donors (Lipinski definition) is 1. The third-order valence-corrected chi connectivity index (χ3v) is 4.35. The highest BCUT2D eigenvalue weighted by Gasteiger charge is 2.26. The standard InChI is InChI=1S/C13H21N4OP.C2H6/c1-16-4-5-17-11(8-16)10(7-14-17)13(18)15-12(19)6-9-2-3-9;1-2/h7,9,12H,2-6,8,19H2,1H3,(H,15,18);1-2H3. The van der Waals surface area contributed by atoms with E-state index in [2.05, 4.69) is 31.6 Å². The number of rotatable bonds is 4. The molecule has 1 aromatic rings. The molecular formula is C15H27N4OP. The third kappa shape index (κ3) is 4.27. The van der Waals surface area contributed by atoms with Gasteiger partial charge in [-0.2, -0.15) is 5.10 Å². The molecule has 1 saturated carbocycles. The van der Waals surface area contributed by atoms with Crippen molar-refractivity contribution in [3.63, 3.8) is 0 Å². The Morgan fingerprint density at radius 2 is 2.19 bits per heavy atom. The summed E-state index contributed by atoms with van der Waals surface area (Å²) in [6.45, 7) is 6.65. The van der Waals surface area contributed by atoms with Crippen molar-refractivity contribution in [3.05, 3.63) is 17.5 Å². The van der Waals surface area contributed by atoms with E-state index in [1.165, 1.54) is 12.8 Å². The molecule has 21 heavy (non-hydrogen) atoms. The van der Waals surface area contributed by atoms with Crippen LogP contribution in [0.1, 0.15) is 49.2 Å². The zero-order valence-electron chi connectivity index (χ0n) is 13.3. The maximum atomic E-state index is 12.3. The van der Waals surface area contributed by atoms with Crippen LogP contribution in [0.2, 0.25) is 0 Å². The molecule has 1 amide bonds. The number of amides is 1. The van der Waals surface area contributed by atoms with Gasteiger partial charge >= 0.3 is 0 Å². The summed E-state index contributed by atoms with van der Waals surface area (Å²) < 4.78 is 1.95. The lowest BCUT2D eigenvalue weighted by atomic mass is 10.2. The molecule has 0 aromatic carbocycles. The minimum atomic E-state index is 0.0113. The van der Waals surface area contributed by atoms with Crippen molar-refractivity contribution in [3.8, 4) is 0 Å². The van der Waals surface area contributed by atoms with Crippen LogP contribution < -0.4 is 5.32 Å². The molecule has 2 heterocycles. The van der Waals surface area contributed by atoms with Gasteiger partial charge in [-0.1, -0.05) is 26.7 Å². The second-order valence-corrected chi connectivity index (χ2v) is 6.53. The largest absolute Gasteiger partial charge is 0.346 e. The Morgan fingerprint density at radius 1 is 1.48 bits per heavy atom. The molecule has 1 fully saturated rings. The quantitative estimate of drug-likeness (QED) is 0.866. The van der Waals surface area contributed by atoms with Gasteiger partial charge in [0.15, 0.2) is 0 Å². The van der Waals surface area contributed by atoms with E-state index < -0.39 is 0 Å². The van der Waals surface area contributed by atoms with Crippen LogP contribution in [0.5, 0.6) is 0 Å². The number of likely N-dealkylation sites (N-methyl/N-ethyl adjacent to an activating group) is 1. The van der Waals surface area contributed by atoms with E-state index in [4.69, 9.17) is 0 Å². The number of aromatic nitrogens is 2. The Morgan fingerprint density at radius 3 is 2.86 bits per heavy atom. The molecule has 0 radical (unpaired) electrons. The van der Waals surface area contributed by atoms with Crippen molar-refractivity contribution in [1.82, 2.24) is 20.0 Å². The van der Waals surface area contributed by atoms with Gasteiger partial charge in [-0.3, -0.25) is 14.4 Å². The monoisotopic (exact) mass is 310 g/mol. The van der Waals surface area contributed by atoms with Crippen molar-refractivity contribution in [2.75, 3.05) is 13.6 Å². The minimum absolute atomic E-state index is 0.0113. The average Bonchev–Trinajstić information content (AvgIpc) is 3.17. The molecule has 0 saturated heterocycles. The van der Waals surface area contributed by atoms with E-state index >= 15 is 0 Å². The Labute approximate surface area is 129 Å². The fourth-order valence-corrected chi connectivity index (χ4v) is 3.11. The smallest absolute Gasteiger partial charge is 0.255 e. The highest BCUT2D eigenvalue weighted by molar-refractivity contribution is 7.17. The molecule has 3 rings (SSSR count). The molecule has 1 aliphatic heterocycles. The zero-order valence-corrected chi connectivity index (χ0v) is 14.5. The molecule has 1 N–H and O–H groups in total. The van der Waals surface area contributed by atoms with Crippen molar-refractivity contribution in [2.24, 2.45) is 5.92 Å². The lowest BCUT2D eigenvalue weighted by molar-refractivity contribution is 0.0945.